The molecule has 126 valence electrons. The van der Waals surface area contributed by atoms with Crippen molar-refractivity contribution in [3.05, 3.63) is 39.4 Å². The van der Waals surface area contributed by atoms with Crippen LogP contribution in [0.3, 0.4) is 0 Å². The Hall–Kier alpha value is -1.99. The van der Waals surface area contributed by atoms with Gasteiger partial charge in [0.05, 0.1) is 35.7 Å². The number of benzene rings is 1. The van der Waals surface area contributed by atoms with Gasteiger partial charge in [0.15, 0.2) is 0 Å². The minimum atomic E-state index is -0.838. The molecule has 1 fully saturated rings. The molecular formula is C16H21NO6. The summed E-state index contributed by atoms with van der Waals surface area (Å²) in [6.07, 6.45) is 4.01. The van der Waals surface area contributed by atoms with E-state index in [1.54, 1.807) is 6.07 Å². The van der Waals surface area contributed by atoms with E-state index in [9.17, 15) is 20.0 Å². The fourth-order valence-corrected chi connectivity index (χ4v) is 3.02. The molecule has 0 amide bonds. The number of nitro benzene ring substituents is 1. The molecule has 0 heterocycles. The maximum Gasteiger partial charge on any atom is 0.311 e. The van der Waals surface area contributed by atoms with Crippen molar-refractivity contribution in [3.63, 3.8) is 0 Å². The zero-order valence-electron chi connectivity index (χ0n) is 12.9. The molecule has 1 aliphatic carbocycles. The highest BCUT2D eigenvalue weighted by Crippen LogP contribution is 2.37. The SMILES string of the molecule is O=C(O)C1(COCc2ccc(CO)c([N+](=O)[O-])c2)CCCCC1. The minimum Gasteiger partial charge on any atom is -0.481 e. The van der Waals surface area contributed by atoms with Crippen LogP contribution in [0.1, 0.15) is 43.2 Å². The number of carboxylic acids is 1. The van der Waals surface area contributed by atoms with Crippen molar-refractivity contribution in [1.82, 2.24) is 0 Å². The maximum absolute atomic E-state index is 11.5. The third-order valence-electron chi connectivity index (χ3n) is 4.43. The van der Waals surface area contributed by atoms with Crippen LogP contribution in [-0.2, 0) is 22.7 Å². The largest absolute Gasteiger partial charge is 0.481 e. The van der Waals surface area contributed by atoms with Crippen molar-refractivity contribution >= 4 is 11.7 Å². The second-order valence-corrected chi connectivity index (χ2v) is 6.02. The number of hydrogen-bond acceptors (Lipinski definition) is 5. The lowest BCUT2D eigenvalue weighted by Crippen LogP contribution is -2.37. The highest BCUT2D eigenvalue weighted by atomic mass is 16.6. The molecule has 0 bridgehead atoms. The number of aliphatic carboxylic acids is 1. The van der Waals surface area contributed by atoms with E-state index >= 15 is 0 Å². The number of aliphatic hydroxyl groups excluding tert-OH is 1. The number of carboxylic acid groups (broad SMARTS) is 1. The van der Waals surface area contributed by atoms with Gasteiger partial charge in [0.25, 0.3) is 5.69 Å². The van der Waals surface area contributed by atoms with E-state index in [0.29, 0.717) is 18.4 Å². The number of carbonyl (C=O) groups is 1. The van der Waals surface area contributed by atoms with Crippen molar-refractivity contribution in [2.75, 3.05) is 6.61 Å². The van der Waals surface area contributed by atoms with Crippen LogP contribution in [-0.4, -0.2) is 27.7 Å². The van der Waals surface area contributed by atoms with Crippen LogP contribution in [0.25, 0.3) is 0 Å². The molecule has 1 aromatic carbocycles. The number of nitrogens with zero attached hydrogens (tertiary/aromatic N) is 1. The number of nitro groups is 1. The summed E-state index contributed by atoms with van der Waals surface area (Å²) in [6, 6.07) is 4.50. The second-order valence-electron chi connectivity index (χ2n) is 6.02. The summed E-state index contributed by atoms with van der Waals surface area (Å²) in [5.41, 5.74) is -0.160. The fraction of sp³-hybridized carbons (Fsp3) is 0.562. The first kappa shape index (κ1) is 17.4. The summed E-state index contributed by atoms with van der Waals surface area (Å²) < 4.78 is 5.57. The van der Waals surface area contributed by atoms with Gasteiger partial charge in [-0.1, -0.05) is 25.3 Å². The summed E-state index contributed by atoms with van der Waals surface area (Å²) in [6.45, 7) is -0.182. The Morgan fingerprint density at radius 3 is 2.57 bits per heavy atom. The Labute approximate surface area is 134 Å². The van der Waals surface area contributed by atoms with Gasteiger partial charge in [-0.05, 0) is 24.5 Å². The summed E-state index contributed by atoms with van der Waals surface area (Å²) in [5, 5.41) is 29.5. The van der Waals surface area contributed by atoms with E-state index in [-0.39, 0.29) is 24.5 Å². The van der Waals surface area contributed by atoms with Crippen LogP contribution >= 0.6 is 0 Å². The molecule has 0 saturated heterocycles. The van der Waals surface area contributed by atoms with Gasteiger partial charge in [-0.2, -0.15) is 0 Å². The summed E-state index contributed by atoms with van der Waals surface area (Å²) in [4.78, 5) is 22.0. The lowest BCUT2D eigenvalue weighted by molar-refractivity contribution is -0.385. The molecule has 0 unspecified atom stereocenters. The van der Waals surface area contributed by atoms with Gasteiger partial charge in [-0.3, -0.25) is 14.9 Å². The Kier molecular flexibility index (Phi) is 5.68. The molecule has 0 spiro atoms. The van der Waals surface area contributed by atoms with Crippen LogP contribution in [0, 0.1) is 15.5 Å². The molecule has 7 nitrogen and oxygen atoms in total. The van der Waals surface area contributed by atoms with Crippen LogP contribution in [0.2, 0.25) is 0 Å². The van der Waals surface area contributed by atoms with Crippen molar-refractivity contribution in [2.24, 2.45) is 5.41 Å². The molecule has 7 heteroatoms. The highest BCUT2D eigenvalue weighted by Gasteiger charge is 2.39. The van der Waals surface area contributed by atoms with Gasteiger partial charge in [-0.15, -0.1) is 0 Å². The maximum atomic E-state index is 11.5. The molecule has 0 aliphatic heterocycles. The number of rotatable bonds is 7. The Balaban J connectivity index is 2.01. The molecule has 23 heavy (non-hydrogen) atoms. The smallest absolute Gasteiger partial charge is 0.311 e. The Bertz CT molecular complexity index is 580. The lowest BCUT2D eigenvalue weighted by Gasteiger charge is -2.32. The predicted molar refractivity (Wildman–Crippen MR) is 81.8 cm³/mol. The number of hydrogen-bond donors (Lipinski definition) is 2. The van der Waals surface area contributed by atoms with E-state index in [4.69, 9.17) is 9.84 Å². The normalized spacial score (nSPS) is 16.9. The molecule has 0 aromatic heterocycles. The summed E-state index contributed by atoms with van der Waals surface area (Å²) in [5.74, 6) is -0.834. The number of aliphatic hydroxyl groups is 1. The summed E-state index contributed by atoms with van der Waals surface area (Å²) in [7, 11) is 0. The van der Waals surface area contributed by atoms with Crippen molar-refractivity contribution in [2.45, 2.75) is 45.3 Å². The fourth-order valence-electron chi connectivity index (χ4n) is 3.02. The Morgan fingerprint density at radius 1 is 1.30 bits per heavy atom. The molecule has 0 radical (unpaired) electrons. The second kappa shape index (κ2) is 7.52. The molecule has 1 saturated carbocycles. The van der Waals surface area contributed by atoms with E-state index in [2.05, 4.69) is 0 Å². The van der Waals surface area contributed by atoms with Gasteiger partial charge in [0, 0.05) is 6.07 Å². The average Bonchev–Trinajstić information content (AvgIpc) is 2.55. The van der Waals surface area contributed by atoms with E-state index in [0.717, 1.165) is 19.3 Å². The van der Waals surface area contributed by atoms with Crippen LogP contribution in [0.15, 0.2) is 18.2 Å². The van der Waals surface area contributed by atoms with E-state index in [1.165, 1.54) is 12.1 Å². The quantitative estimate of drug-likeness (QED) is 0.589. The van der Waals surface area contributed by atoms with Gasteiger partial charge in [0.2, 0.25) is 0 Å². The Morgan fingerprint density at radius 2 is 2.00 bits per heavy atom. The molecule has 1 aliphatic rings. The standard InChI is InChI=1S/C16H21NO6/c18-9-13-5-4-12(8-14(13)17(21)22)10-23-11-16(15(19)20)6-2-1-3-7-16/h4-5,8,18H,1-3,6-7,9-11H2,(H,19,20). The predicted octanol–water partition coefficient (Wildman–Crippen LogP) is 2.64. The number of ether oxygens (including phenoxy) is 1. The van der Waals surface area contributed by atoms with Crippen molar-refractivity contribution in [1.29, 1.82) is 0 Å². The van der Waals surface area contributed by atoms with Gasteiger partial charge < -0.3 is 14.9 Å². The molecular weight excluding hydrogens is 302 g/mol. The topological polar surface area (TPSA) is 110 Å². The summed E-state index contributed by atoms with van der Waals surface area (Å²) >= 11 is 0. The van der Waals surface area contributed by atoms with Crippen molar-refractivity contribution in [3.8, 4) is 0 Å². The van der Waals surface area contributed by atoms with E-state index in [1.807, 2.05) is 0 Å². The molecule has 1 aromatic rings. The third-order valence-corrected chi connectivity index (χ3v) is 4.43. The van der Waals surface area contributed by atoms with Gasteiger partial charge in [0.1, 0.15) is 0 Å². The van der Waals surface area contributed by atoms with Crippen molar-refractivity contribution < 1.29 is 24.7 Å². The zero-order valence-corrected chi connectivity index (χ0v) is 12.9. The third kappa shape index (κ3) is 4.05. The van der Waals surface area contributed by atoms with Crippen LogP contribution < -0.4 is 0 Å². The first-order chi connectivity index (χ1) is 11.0. The lowest BCUT2D eigenvalue weighted by atomic mass is 9.75. The van der Waals surface area contributed by atoms with Crippen LogP contribution in [0.4, 0.5) is 5.69 Å². The van der Waals surface area contributed by atoms with E-state index < -0.39 is 22.9 Å². The average molecular weight is 323 g/mol. The molecule has 2 N–H and O–H groups in total. The van der Waals surface area contributed by atoms with Gasteiger partial charge in [-0.25, -0.2) is 0 Å². The minimum absolute atomic E-state index is 0.109. The van der Waals surface area contributed by atoms with Gasteiger partial charge >= 0.3 is 5.97 Å². The monoisotopic (exact) mass is 323 g/mol. The first-order valence-electron chi connectivity index (χ1n) is 7.67. The zero-order chi connectivity index (χ0) is 16.9. The highest BCUT2D eigenvalue weighted by molar-refractivity contribution is 5.74. The molecule has 2 rings (SSSR count). The first-order valence-corrected chi connectivity index (χ1v) is 7.67. The molecule has 0 atom stereocenters. The van der Waals surface area contributed by atoms with Crippen LogP contribution in [0.5, 0.6) is 0 Å².